The maximum absolute atomic E-state index is 12.2. The summed E-state index contributed by atoms with van der Waals surface area (Å²) in [6, 6.07) is 4.39. The number of alkyl carbamates (subject to hydrolysis) is 1. The number of ether oxygens (including phenoxy) is 1. The Balaban J connectivity index is 1.25. The van der Waals surface area contributed by atoms with Crippen LogP contribution >= 0.6 is 0 Å². The van der Waals surface area contributed by atoms with Crippen LogP contribution in [0.1, 0.15) is 70.9 Å². The number of anilines is 3. The highest BCUT2D eigenvalue weighted by atomic mass is 16.6. The minimum atomic E-state index is -0.493. The van der Waals surface area contributed by atoms with Crippen molar-refractivity contribution >= 4 is 23.7 Å². The molecule has 2 aromatic heterocycles. The zero-order valence-corrected chi connectivity index (χ0v) is 19.1. The number of H-pyrrole nitrogens is 1. The van der Waals surface area contributed by atoms with Crippen molar-refractivity contribution in [2.75, 3.05) is 23.3 Å². The molecule has 2 saturated heterocycles. The van der Waals surface area contributed by atoms with Crippen molar-refractivity contribution in [2.24, 2.45) is 5.41 Å². The number of piperidine rings is 2. The highest BCUT2D eigenvalue weighted by molar-refractivity contribution is 5.67. The molecule has 0 aromatic carbocycles. The van der Waals surface area contributed by atoms with Crippen LogP contribution in [0.4, 0.5) is 22.4 Å². The first-order chi connectivity index (χ1) is 15.3. The van der Waals surface area contributed by atoms with Crippen molar-refractivity contribution in [1.29, 1.82) is 0 Å². The summed E-state index contributed by atoms with van der Waals surface area (Å²) < 4.78 is 5.43. The Bertz CT molecular complexity index is 971. The average Bonchev–Trinajstić information content (AvgIpc) is 3.51. The van der Waals surface area contributed by atoms with E-state index in [1.165, 1.54) is 18.5 Å². The van der Waals surface area contributed by atoms with Crippen molar-refractivity contribution < 1.29 is 9.53 Å². The second kappa shape index (κ2) is 7.94. The van der Waals surface area contributed by atoms with E-state index in [4.69, 9.17) is 9.72 Å². The van der Waals surface area contributed by atoms with Crippen molar-refractivity contribution in [3.63, 3.8) is 0 Å². The fourth-order valence-corrected chi connectivity index (χ4v) is 4.91. The van der Waals surface area contributed by atoms with E-state index in [-0.39, 0.29) is 11.5 Å². The van der Waals surface area contributed by atoms with Gasteiger partial charge in [0.1, 0.15) is 11.4 Å². The summed E-state index contributed by atoms with van der Waals surface area (Å²) in [7, 11) is 0. The maximum atomic E-state index is 12.2. The van der Waals surface area contributed by atoms with E-state index in [0.29, 0.717) is 18.5 Å². The monoisotopic (exact) mass is 439 g/mol. The number of nitrogens with zero attached hydrogens (tertiary/aromatic N) is 4. The van der Waals surface area contributed by atoms with E-state index >= 15 is 0 Å². The van der Waals surface area contributed by atoms with Gasteiger partial charge >= 0.3 is 6.09 Å². The van der Waals surface area contributed by atoms with Gasteiger partial charge in [0.15, 0.2) is 5.82 Å². The normalized spacial score (nSPS) is 25.0. The molecule has 4 heterocycles. The number of nitrogens with one attached hydrogen (secondary N) is 3. The van der Waals surface area contributed by atoms with Gasteiger partial charge in [-0.25, -0.2) is 9.78 Å². The lowest BCUT2D eigenvalue weighted by Crippen LogP contribution is -2.58. The highest BCUT2D eigenvalue weighted by Crippen LogP contribution is 2.45. The Hall–Kier alpha value is -2.84. The van der Waals surface area contributed by atoms with Crippen LogP contribution < -0.4 is 15.5 Å². The molecule has 172 valence electrons. The molecule has 0 atom stereocenters. The van der Waals surface area contributed by atoms with Crippen LogP contribution in [-0.2, 0) is 4.74 Å². The molecule has 2 bridgehead atoms. The number of carbonyl (C=O) groups is 1. The molecular formula is C23H33N7O2. The van der Waals surface area contributed by atoms with Crippen LogP contribution in [0.25, 0.3) is 0 Å². The van der Waals surface area contributed by atoms with Crippen molar-refractivity contribution in [3.05, 3.63) is 24.0 Å². The number of aromatic amines is 1. The molecule has 9 heteroatoms. The van der Waals surface area contributed by atoms with Crippen molar-refractivity contribution in [1.82, 2.24) is 25.5 Å². The van der Waals surface area contributed by atoms with Gasteiger partial charge in [0.25, 0.3) is 0 Å². The maximum Gasteiger partial charge on any atom is 0.407 e. The first kappa shape index (κ1) is 21.0. The third-order valence-electron chi connectivity index (χ3n) is 6.74. The molecule has 0 spiro atoms. The number of hydrogen-bond donors (Lipinski definition) is 3. The Labute approximate surface area is 188 Å². The number of aromatic nitrogens is 4. The Kier molecular flexibility index (Phi) is 5.22. The molecule has 0 radical (unpaired) electrons. The van der Waals surface area contributed by atoms with E-state index < -0.39 is 5.60 Å². The first-order valence-electron chi connectivity index (χ1n) is 11.7. The number of fused-ring (bicyclic) bond motifs is 3. The van der Waals surface area contributed by atoms with Crippen LogP contribution in [-0.4, -0.2) is 51.0 Å². The van der Waals surface area contributed by atoms with Crippen LogP contribution in [0, 0.1) is 5.41 Å². The van der Waals surface area contributed by atoms with E-state index in [1.807, 2.05) is 26.8 Å². The molecule has 3 N–H and O–H groups in total. The summed E-state index contributed by atoms with van der Waals surface area (Å²) in [6.45, 7) is 7.09. The summed E-state index contributed by atoms with van der Waals surface area (Å²) in [5.74, 6) is 2.90. The van der Waals surface area contributed by atoms with Gasteiger partial charge < -0.3 is 20.3 Å². The predicted molar refractivity (Wildman–Crippen MR) is 122 cm³/mol. The lowest BCUT2D eigenvalue weighted by atomic mass is 9.67. The summed E-state index contributed by atoms with van der Waals surface area (Å²) >= 11 is 0. The molecule has 2 saturated carbocycles. The molecule has 2 aliphatic heterocycles. The lowest BCUT2D eigenvalue weighted by molar-refractivity contribution is 0.0457. The third kappa shape index (κ3) is 4.66. The standard InChI is InChI=1S/C23H33N7O2/c1-22(2,3)32-21(31)25-13-23-9-6-16(7-10-23)30(14-23)20-24-11-8-18(27-20)26-19-12-17(28-29-19)15-4-5-15/h8,11-12,15-16H,4-7,9-10,13-14H2,1-3H3,(H,25,31)(H2,24,26,27,28,29). The summed E-state index contributed by atoms with van der Waals surface area (Å²) in [5.41, 5.74) is 0.724. The summed E-state index contributed by atoms with van der Waals surface area (Å²) in [4.78, 5) is 23.9. The fourth-order valence-electron chi connectivity index (χ4n) is 4.91. The van der Waals surface area contributed by atoms with Gasteiger partial charge in [-0.1, -0.05) is 0 Å². The molecule has 0 unspecified atom stereocenters. The van der Waals surface area contributed by atoms with Gasteiger partial charge in [-0.05, 0) is 65.4 Å². The Morgan fingerprint density at radius 1 is 1.25 bits per heavy atom. The van der Waals surface area contributed by atoms with Crippen LogP contribution in [0.5, 0.6) is 0 Å². The summed E-state index contributed by atoms with van der Waals surface area (Å²) in [6.07, 6.45) is 8.28. The molecular weight excluding hydrogens is 406 g/mol. The zero-order chi connectivity index (χ0) is 22.3. The molecule has 6 rings (SSSR count). The molecule has 4 fully saturated rings. The van der Waals surface area contributed by atoms with Gasteiger partial charge in [-0.15, -0.1) is 0 Å². The third-order valence-corrected chi connectivity index (χ3v) is 6.74. The van der Waals surface area contributed by atoms with Gasteiger partial charge in [0.2, 0.25) is 5.95 Å². The van der Waals surface area contributed by atoms with E-state index in [1.54, 1.807) is 6.20 Å². The smallest absolute Gasteiger partial charge is 0.407 e. The van der Waals surface area contributed by atoms with Gasteiger partial charge in [0.05, 0.1) is 0 Å². The number of rotatable bonds is 6. The van der Waals surface area contributed by atoms with Gasteiger partial charge in [0, 0.05) is 48.4 Å². The quantitative estimate of drug-likeness (QED) is 0.622. The van der Waals surface area contributed by atoms with Crippen molar-refractivity contribution in [3.8, 4) is 0 Å². The SMILES string of the molecule is CC(C)(C)OC(=O)NCC12CCC(CC1)N(c1nccc(Nc3cc(C4CC4)[nH]n3)n1)C2. The Morgan fingerprint density at radius 3 is 2.75 bits per heavy atom. The highest BCUT2D eigenvalue weighted by Gasteiger charge is 2.45. The average molecular weight is 440 g/mol. The van der Waals surface area contributed by atoms with Crippen LogP contribution in [0.15, 0.2) is 18.3 Å². The van der Waals surface area contributed by atoms with Gasteiger partial charge in [-0.3, -0.25) is 5.10 Å². The predicted octanol–water partition coefficient (Wildman–Crippen LogP) is 4.09. The Morgan fingerprint density at radius 2 is 2.03 bits per heavy atom. The minimum Gasteiger partial charge on any atom is -0.444 e. The molecule has 2 aliphatic carbocycles. The lowest BCUT2D eigenvalue weighted by Gasteiger charge is -2.52. The zero-order valence-electron chi connectivity index (χ0n) is 19.1. The number of amides is 1. The minimum absolute atomic E-state index is 0.0276. The van der Waals surface area contributed by atoms with E-state index in [9.17, 15) is 4.79 Å². The fraction of sp³-hybridized carbons (Fsp3) is 0.652. The molecule has 1 amide bonds. The number of hydrogen-bond acceptors (Lipinski definition) is 7. The van der Waals surface area contributed by atoms with Gasteiger partial charge in [-0.2, -0.15) is 10.1 Å². The number of carbonyl (C=O) groups excluding carboxylic acids is 1. The topological polar surface area (TPSA) is 108 Å². The largest absolute Gasteiger partial charge is 0.444 e. The van der Waals surface area contributed by atoms with Crippen molar-refractivity contribution in [2.45, 2.75) is 76.9 Å². The van der Waals surface area contributed by atoms with Crippen LogP contribution in [0.3, 0.4) is 0 Å². The molecule has 4 aliphatic rings. The van der Waals surface area contributed by atoms with E-state index in [0.717, 1.165) is 49.8 Å². The van der Waals surface area contributed by atoms with E-state index in [2.05, 4.69) is 36.8 Å². The summed E-state index contributed by atoms with van der Waals surface area (Å²) in [5, 5.41) is 13.8. The second-order valence-corrected chi connectivity index (χ2v) is 10.6. The first-order valence-corrected chi connectivity index (χ1v) is 11.7. The molecule has 9 nitrogen and oxygen atoms in total. The van der Waals surface area contributed by atoms with Crippen LogP contribution in [0.2, 0.25) is 0 Å². The molecule has 2 aromatic rings. The molecule has 32 heavy (non-hydrogen) atoms. The second-order valence-electron chi connectivity index (χ2n) is 10.6.